The van der Waals surface area contributed by atoms with Crippen LogP contribution in [0.2, 0.25) is 0 Å². The molecule has 8 heterocycles. The number of pyridine rings is 4. The molecule has 23 nitrogen and oxygen atoms in total. The summed E-state index contributed by atoms with van der Waals surface area (Å²) >= 11 is 0. The zero-order valence-electron chi connectivity index (χ0n) is 72.1. The molecule has 0 atom stereocenters. The predicted molar refractivity (Wildman–Crippen MR) is 488 cm³/mol. The molecule has 0 aliphatic rings. The Balaban J connectivity index is 0.000000154. The average molecular weight is 1720 g/mol. The summed E-state index contributed by atoms with van der Waals surface area (Å²) in [7, 11) is 5.84. The molecule has 16 aromatic rings. The Morgan fingerprint density at radius 3 is 0.930 bits per heavy atom. The standard InChI is InChI=1S/C26H26N4O2.C25H21F2N3O2.C25H24N4O2.C24H20F2N4O2.CH4/c1-15-9-20(32-4)10-16(2)25(15)22-12-24(26(27)31)30-23-11-18(7-8-21(22)23)5-6-19-13-28-17(3)29-14-19;1-14(31)23-11-20(18-9-21(26)25(32-3)22(27)10-18)19-7-6-16(8-24(19)30-23)4-5-17-12-28-15(2)29-13-17;1-15-10-19(7-9-24(15)31-3)21-12-23(25(26)30)29-22-11-17(6-8-20(21)22)4-5-18-13-27-16(2)28-14-18;1-13-28-11-15(12-29-13)4-3-14-5-6-17-18(10-22(24(27)31)30-21(17)7-14)23-19(25)8-16(32-2)9-20(23)26;/h7-14H,5-6H2,1-4H3,(H2,27,31);6-13H,4-5H2,1-3H3;6-14H,4-5H2,1-3H3,(H2,26,30);5-12H,3-4H2,1-2H3,(H2,27,31);1H4. The minimum Gasteiger partial charge on any atom is -0.497 e. The number of nitrogens with two attached hydrogens (primary N) is 3. The number of aryl methyl sites for hydroxylation is 15. The van der Waals surface area contributed by atoms with Crippen molar-refractivity contribution in [3.63, 3.8) is 0 Å². The van der Waals surface area contributed by atoms with E-state index >= 15 is 0 Å². The van der Waals surface area contributed by atoms with Crippen molar-refractivity contribution in [2.45, 2.75) is 114 Å². The number of aromatic nitrogens is 12. The molecule has 27 heteroatoms. The van der Waals surface area contributed by atoms with E-state index in [0.29, 0.717) is 51.6 Å². The van der Waals surface area contributed by atoms with Gasteiger partial charge >= 0.3 is 0 Å². The monoisotopic (exact) mass is 1720 g/mol. The molecular formula is C101H95F4N15O8. The zero-order chi connectivity index (χ0) is 90.4. The number of fused-ring (bicyclic) bond motifs is 4. The van der Waals surface area contributed by atoms with E-state index < -0.39 is 46.7 Å². The number of hydrogen-bond acceptors (Lipinski definition) is 20. The van der Waals surface area contributed by atoms with Gasteiger partial charge in [0.05, 0.1) is 56.1 Å². The molecule has 0 aliphatic heterocycles. The molecule has 16 rings (SSSR count). The van der Waals surface area contributed by atoms with Crippen LogP contribution in [-0.2, 0) is 51.4 Å². The third kappa shape index (κ3) is 22.1. The number of amides is 3. The van der Waals surface area contributed by atoms with E-state index in [4.69, 9.17) is 36.1 Å². The lowest BCUT2D eigenvalue weighted by atomic mass is 9.91. The number of rotatable bonds is 24. The van der Waals surface area contributed by atoms with Gasteiger partial charge < -0.3 is 36.1 Å². The molecule has 3 amide bonds. The first-order valence-corrected chi connectivity index (χ1v) is 40.6. The number of carbonyl (C=O) groups is 4. The molecule has 650 valence electrons. The van der Waals surface area contributed by atoms with Gasteiger partial charge in [-0.2, -0.15) is 0 Å². The van der Waals surface area contributed by atoms with Gasteiger partial charge in [0.25, 0.3) is 17.7 Å². The SMILES string of the molecule is C.COc1c(F)cc(-c2cc(C(C)=O)nc3cc(CCc4cnc(C)nc4)ccc23)cc1F.COc1cc(C)c(-c2cc(C(N)=O)nc3cc(CCc4cnc(C)nc4)ccc23)c(C)c1.COc1cc(F)c(-c2cc(C(N)=O)nc3cc(CCc4cnc(C)nc4)ccc23)c(F)c1.COc1ccc(-c2cc(C(N)=O)nc3cc(CCc4cnc(C)nc4)ccc23)cc1C. The topological polar surface area (TPSA) is 338 Å². The minimum atomic E-state index is -0.812. The molecule has 128 heavy (non-hydrogen) atoms. The molecule has 8 aromatic carbocycles. The van der Waals surface area contributed by atoms with Crippen molar-refractivity contribution in [1.82, 2.24) is 59.8 Å². The van der Waals surface area contributed by atoms with E-state index in [-0.39, 0.29) is 52.9 Å². The summed E-state index contributed by atoms with van der Waals surface area (Å²) in [5.74, 6) is -1.17. The number of ketones is 1. The molecule has 0 saturated carbocycles. The van der Waals surface area contributed by atoms with Gasteiger partial charge in [-0.3, -0.25) is 19.2 Å². The first kappa shape index (κ1) is 91.9. The minimum absolute atomic E-state index is 0. The number of carbonyl (C=O) groups excluding carboxylic acids is 4. The van der Waals surface area contributed by atoms with Crippen LogP contribution >= 0.6 is 0 Å². The Morgan fingerprint density at radius 1 is 0.305 bits per heavy atom. The second kappa shape index (κ2) is 41.0. The van der Waals surface area contributed by atoms with Gasteiger partial charge in [-0.15, -0.1) is 0 Å². The summed E-state index contributed by atoms with van der Waals surface area (Å²) in [6.45, 7) is 14.9. The number of methoxy groups -OCH3 is 4. The fourth-order valence-electron chi connectivity index (χ4n) is 14.9. The van der Waals surface area contributed by atoms with Crippen LogP contribution in [0.15, 0.2) is 201 Å². The molecule has 0 aliphatic carbocycles. The molecular weight excluding hydrogens is 1630 g/mol. The average Bonchev–Trinajstić information content (AvgIpc) is 0.781. The highest BCUT2D eigenvalue weighted by molar-refractivity contribution is 6.05. The first-order chi connectivity index (χ1) is 61.0. The maximum absolute atomic E-state index is 14.8. The lowest BCUT2D eigenvalue weighted by Gasteiger charge is -2.16. The summed E-state index contributed by atoms with van der Waals surface area (Å²) in [5.41, 5.74) is 36.0. The predicted octanol–water partition coefficient (Wildman–Crippen LogP) is 18.8. The number of Topliss-reactive ketones (excluding diaryl/α,β-unsaturated/α-hetero) is 1. The van der Waals surface area contributed by atoms with Gasteiger partial charge in [-0.1, -0.05) is 62.0 Å². The second-order valence-corrected chi connectivity index (χ2v) is 30.6. The fraction of sp³-hybridized carbons (Fsp3) is 0.208. The molecule has 0 spiro atoms. The Bertz CT molecular complexity index is 6590. The molecule has 0 fully saturated rings. The Morgan fingerprint density at radius 2 is 0.609 bits per heavy atom. The van der Waals surface area contributed by atoms with Crippen molar-refractivity contribution in [2.75, 3.05) is 28.4 Å². The number of nitrogens with zero attached hydrogens (tertiary/aromatic N) is 12. The summed E-state index contributed by atoms with van der Waals surface area (Å²) in [4.78, 5) is 99.6. The van der Waals surface area contributed by atoms with E-state index in [2.05, 4.69) is 84.1 Å². The van der Waals surface area contributed by atoms with Crippen LogP contribution in [0, 0.1) is 71.7 Å². The van der Waals surface area contributed by atoms with Crippen LogP contribution in [0.1, 0.15) is 141 Å². The van der Waals surface area contributed by atoms with Crippen LogP contribution in [0.25, 0.3) is 88.1 Å². The maximum atomic E-state index is 14.8. The molecule has 6 N–H and O–H groups in total. The van der Waals surface area contributed by atoms with Crippen LogP contribution in [0.3, 0.4) is 0 Å². The number of primary amides is 3. The van der Waals surface area contributed by atoms with Crippen molar-refractivity contribution in [3.8, 4) is 67.5 Å². The van der Waals surface area contributed by atoms with Gasteiger partial charge in [0.15, 0.2) is 23.2 Å². The van der Waals surface area contributed by atoms with E-state index in [9.17, 15) is 36.7 Å². The van der Waals surface area contributed by atoms with Crippen molar-refractivity contribution in [2.24, 2.45) is 17.2 Å². The van der Waals surface area contributed by atoms with Crippen molar-refractivity contribution < 1.29 is 55.7 Å². The van der Waals surface area contributed by atoms with E-state index in [0.717, 1.165) is 185 Å². The van der Waals surface area contributed by atoms with Gasteiger partial charge in [-0.25, -0.2) is 77.4 Å². The van der Waals surface area contributed by atoms with Crippen LogP contribution in [-0.4, -0.2) is 112 Å². The van der Waals surface area contributed by atoms with Crippen LogP contribution in [0.4, 0.5) is 17.6 Å². The number of benzene rings is 8. The van der Waals surface area contributed by atoms with Crippen molar-refractivity contribution in [1.29, 1.82) is 0 Å². The Hall–Kier alpha value is -15.3. The molecule has 0 radical (unpaired) electrons. The van der Waals surface area contributed by atoms with Gasteiger partial charge in [-0.05, 0) is 285 Å². The highest BCUT2D eigenvalue weighted by Crippen LogP contribution is 2.40. The highest BCUT2D eigenvalue weighted by Gasteiger charge is 2.24. The first-order valence-electron chi connectivity index (χ1n) is 40.6. The number of halogens is 4. The largest absolute Gasteiger partial charge is 0.497 e. The summed E-state index contributed by atoms with van der Waals surface area (Å²) in [6, 6.07) is 44.5. The van der Waals surface area contributed by atoms with E-state index in [1.807, 2.05) is 140 Å². The van der Waals surface area contributed by atoms with Gasteiger partial charge in [0.2, 0.25) is 0 Å². The van der Waals surface area contributed by atoms with Gasteiger partial charge in [0.1, 0.15) is 75.0 Å². The van der Waals surface area contributed by atoms with Crippen molar-refractivity contribution in [3.05, 3.63) is 332 Å². The summed E-state index contributed by atoms with van der Waals surface area (Å²) < 4.78 is 78.8. The van der Waals surface area contributed by atoms with Crippen LogP contribution in [0.5, 0.6) is 23.0 Å². The Labute approximate surface area is 737 Å². The maximum Gasteiger partial charge on any atom is 0.267 e. The number of hydrogen-bond donors (Lipinski definition) is 3. The third-order valence-corrected chi connectivity index (χ3v) is 21.5. The van der Waals surface area contributed by atoms with E-state index in [1.165, 1.54) is 39.3 Å². The third-order valence-electron chi connectivity index (χ3n) is 21.5. The second-order valence-electron chi connectivity index (χ2n) is 30.6. The Kier molecular flexibility index (Phi) is 29.5. The molecule has 0 unspecified atom stereocenters. The van der Waals surface area contributed by atoms with Gasteiger partial charge in [0, 0.05) is 90.2 Å². The normalized spacial score (nSPS) is 10.9. The van der Waals surface area contributed by atoms with Crippen molar-refractivity contribution >= 4 is 67.1 Å². The molecule has 0 saturated heterocycles. The number of ether oxygens (including phenoxy) is 4. The van der Waals surface area contributed by atoms with Crippen LogP contribution < -0.4 is 36.1 Å². The smallest absolute Gasteiger partial charge is 0.267 e. The molecule has 8 aromatic heterocycles. The summed E-state index contributed by atoms with van der Waals surface area (Å²) in [5, 5.41) is 3.15. The highest BCUT2D eigenvalue weighted by atomic mass is 19.1. The zero-order valence-corrected chi connectivity index (χ0v) is 72.1. The fourth-order valence-corrected chi connectivity index (χ4v) is 14.9. The lowest BCUT2D eigenvalue weighted by Crippen LogP contribution is -2.13. The van der Waals surface area contributed by atoms with E-state index in [1.54, 1.807) is 69.3 Å². The lowest BCUT2D eigenvalue weighted by molar-refractivity contribution is 0.0987. The summed E-state index contributed by atoms with van der Waals surface area (Å²) in [6.07, 6.45) is 20.8. The molecule has 0 bridgehead atoms. The quantitative estimate of drug-likeness (QED) is 0.0374.